The van der Waals surface area contributed by atoms with Crippen molar-refractivity contribution in [3.8, 4) is 0 Å². The van der Waals surface area contributed by atoms with E-state index in [9.17, 15) is 9.18 Å². The van der Waals surface area contributed by atoms with Crippen LogP contribution in [0.3, 0.4) is 0 Å². The number of benzene rings is 2. The molecular weight excluding hydrogens is 359 g/mol. The predicted octanol–water partition coefficient (Wildman–Crippen LogP) is 4.10. The monoisotopic (exact) mass is 370 g/mol. The van der Waals surface area contributed by atoms with Gasteiger partial charge in [-0.15, -0.1) is 0 Å². The summed E-state index contributed by atoms with van der Waals surface area (Å²) in [6, 6.07) is 9.65. The van der Waals surface area contributed by atoms with E-state index in [1.54, 1.807) is 37.4 Å². The summed E-state index contributed by atoms with van der Waals surface area (Å²) in [5.41, 5.74) is 6.98. The maximum Gasteiger partial charge on any atom is 0.256 e. The van der Waals surface area contributed by atoms with Crippen LogP contribution in [0, 0.1) is 5.82 Å². The number of carbonyl (C=O) groups excluding carboxylic acids is 1. The van der Waals surface area contributed by atoms with Gasteiger partial charge in [-0.1, -0.05) is 17.7 Å². The van der Waals surface area contributed by atoms with E-state index >= 15 is 0 Å². The average molecular weight is 372 g/mol. The standard InChI is InChI=1S/C15H13BrClFN2O/c1-20(8-9-7-10(19)5-6-13(9)17)15(21)11-3-2-4-12(16)14(11)18/h2-7H,8,19H2,1H3. The van der Waals surface area contributed by atoms with Crippen LogP contribution in [-0.2, 0) is 6.54 Å². The summed E-state index contributed by atoms with van der Waals surface area (Å²) in [7, 11) is 1.59. The summed E-state index contributed by atoms with van der Waals surface area (Å²) in [6.07, 6.45) is 0. The number of nitrogens with two attached hydrogens (primary N) is 1. The van der Waals surface area contributed by atoms with Gasteiger partial charge in [0.1, 0.15) is 5.82 Å². The van der Waals surface area contributed by atoms with Crippen molar-refractivity contribution in [2.24, 2.45) is 0 Å². The predicted molar refractivity (Wildman–Crippen MR) is 85.8 cm³/mol. The quantitative estimate of drug-likeness (QED) is 0.826. The molecule has 0 aliphatic rings. The molecular formula is C15H13BrClFN2O. The van der Waals surface area contributed by atoms with E-state index in [0.29, 0.717) is 16.3 Å². The van der Waals surface area contributed by atoms with Gasteiger partial charge in [0.2, 0.25) is 0 Å². The molecule has 110 valence electrons. The Morgan fingerprint density at radius 3 is 2.81 bits per heavy atom. The van der Waals surface area contributed by atoms with E-state index in [2.05, 4.69) is 15.9 Å². The molecule has 0 saturated carbocycles. The van der Waals surface area contributed by atoms with Crippen LogP contribution in [0.5, 0.6) is 0 Å². The fraction of sp³-hybridized carbons (Fsp3) is 0.133. The zero-order valence-corrected chi connectivity index (χ0v) is 13.6. The van der Waals surface area contributed by atoms with Crippen LogP contribution in [0.15, 0.2) is 40.9 Å². The van der Waals surface area contributed by atoms with Crippen LogP contribution in [0.25, 0.3) is 0 Å². The number of anilines is 1. The molecule has 1 amide bonds. The highest BCUT2D eigenvalue weighted by Crippen LogP contribution is 2.23. The first kappa shape index (κ1) is 15.8. The molecule has 2 N–H and O–H groups in total. The van der Waals surface area contributed by atoms with Crippen molar-refractivity contribution in [1.29, 1.82) is 0 Å². The van der Waals surface area contributed by atoms with Crippen LogP contribution >= 0.6 is 27.5 Å². The van der Waals surface area contributed by atoms with E-state index in [-0.39, 0.29) is 16.6 Å². The van der Waals surface area contributed by atoms with E-state index in [4.69, 9.17) is 17.3 Å². The zero-order valence-electron chi connectivity index (χ0n) is 11.2. The molecule has 2 aromatic rings. The number of carbonyl (C=O) groups is 1. The molecule has 0 unspecified atom stereocenters. The first-order chi connectivity index (χ1) is 9.90. The molecule has 21 heavy (non-hydrogen) atoms. The van der Waals surface area contributed by atoms with Gasteiger partial charge in [-0.05, 0) is 51.8 Å². The second-order valence-corrected chi connectivity index (χ2v) is 5.87. The van der Waals surface area contributed by atoms with Gasteiger partial charge in [0.15, 0.2) is 0 Å². The lowest BCUT2D eigenvalue weighted by molar-refractivity contribution is 0.0780. The van der Waals surface area contributed by atoms with Crippen LogP contribution in [0.1, 0.15) is 15.9 Å². The van der Waals surface area contributed by atoms with Gasteiger partial charge in [0.05, 0.1) is 10.0 Å². The third kappa shape index (κ3) is 3.54. The van der Waals surface area contributed by atoms with Gasteiger partial charge >= 0.3 is 0 Å². The maximum atomic E-state index is 14.0. The van der Waals surface area contributed by atoms with Gasteiger partial charge in [0, 0.05) is 24.3 Å². The minimum atomic E-state index is -0.576. The van der Waals surface area contributed by atoms with Crippen molar-refractivity contribution in [3.63, 3.8) is 0 Å². The Bertz CT molecular complexity index is 693. The highest BCUT2D eigenvalue weighted by atomic mass is 79.9. The van der Waals surface area contributed by atoms with Crippen molar-refractivity contribution in [2.75, 3.05) is 12.8 Å². The number of nitrogens with zero attached hydrogens (tertiary/aromatic N) is 1. The summed E-state index contributed by atoms with van der Waals surface area (Å²) in [4.78, 5) is 13.7. The number of amides is 1. The highest BCUT2D eigenvalue weighted by molar-refractivity contribution is 9.10. The molecule has 0 saturated heterocycles. The average Bonchev–Trinajstić information content (AvgIpc) is 2.45. The molecule has 0 aromatic heterocycles. The Labute approximate surface area is 135 Å². The van der Waals surface area contributed by atoms with Crippen molar-refractivity contribution in [3.05, 3.63) is 62.8 Å². The summed E-state index contributed by atoms with van der Waals surface area (Å²) in [5, 5.41) is 0.513. The smallest absolute Gasteiger partial charge is 0.256 e. The normalized spacial score (nSPS) is 10.5. The first-order valence-corrected chi connectivity index (χ1v) is 7.30. The fourth-order valence-corrected chi connectivity index (χ4v) is 2.46. The van der Waals surface area contributed by atoms with E-state index in [1.165, 1.54) is 11.0 Å². The Kier molecular flexibility index (Phi) is 4.85. The molecule has 0 atom stereocenters. The lowest BCUT2D eigenvalue weighted by atomic mass is 10.1. The number of rotatable bonds is 3. The molecule has 0 spiro atoms. The van der Waals surface area contributed by atoms with E-state index in [0.717, 1.165) is 0 Å². The topological polar surface area (TPSA) is 46.3 Å². The number of nitrogen functional groups attached to an aromatic ring is 1. The Balaban J connectivity index is 2.24. The van der Waals surface area contributed by atoms with Crippen LogP contribution in [0.4, 0.5) is 10.1 Å². The lowest BCUT2D eigenvalue weighted by Crippen LogP contribution is -2.27. The van der Waals surface area contributed by atoms with Gasteiger partial charge < -0.3 is 10.6 Å². The molecule has 2 aromatic carbocycles. The van der Waals surface area contributed by atoms with Gasteiger partial charge in [-0.3, -0.25) is 4.79 Å². The largest absolute Gasteiger partial charge is 0.399 e. The van der Waals surface area contributed by atoms with Crippen molar-refractivity contribution in [1.82, 2.24) is 4.90 Å². The number of halogens is 3. The van der Waals surface area contributed by atoms with Gasteiger partial charge in [-0.25, -0.2) is 4.39 Å². The van der Waals surface area contributed by atoms with Crippen LogP contribution in [-0.4, -0.2) is 17.9 Å². The lowest BCUT2D eigenvalue weighted by Gasteiger charge is -2.19. The molecule has 0 fully saturated rings. The van der Waals surface area contributed by atoms with E-state index < -0.39 is 11.7 Å². The minimum Gasteiger partial charge on any atom is -0.399 e. The SMILES string of the molecule is CN(Cc1cc(N)ccc1Cl)C(=O)c1cccc(Br)c1F. The molecule has 2 rings (SSSR count). The molecule has 0 aliphatic heterocycles. The van der Waals surface area contributed by atoms with Crippen molar-refractivity contribution < 1.29 is 9.18 Å². The summed E-state index contributed by atoms with van der Waals surface area (Å²) in [6.45, 7) is 0.245. The number of hydrogen-bond donors (Lipinski definition) is 1. The highest BCUT2D eigenvalue weighted by Gasteiger charge is 2.18. The molecule has 6 heteroatoms. The fourth-order valence-electron chi connectivity index (χ4n) is 1.92. The second-order valence-electron chi connectivity index (χ2n) is 4.61. The molecule has 0 heterocycles. The summed E-state index contributed by atoms with van der Waals surface area (Å²) >= 11 is 9.14. The third-order valence-corrected chi connectivity index (χ3v) is 3.99. The summed E-state index contributed by atoms with van der Waals surface area (Å²) < 4.78 is 14.2. The Hall–Kier alpha value is -1.59. The van der Waals surface area contributed by atoms with Crippen LogP contribution < -0.4 is 5.73 Å². The molecule has 3 nitrogen and oxygen atoms in total. The zero-order chi connectivity index (χ0) is 15.6. The second kappa shape index (κ2) is 6.45. The molecule has 0 bridgehead atoms. The molecule has 0 aliphatic carbocycles. The molecule has 0 radical (unpaired) electrons. The van der Waals surface area contributed by atoms with Crippen LogP contribution in [0.2, 0.25) is 5.02 Å². The first-order valence-electron chi connectivity index (χ1n) is 6.13. The van der Waals surface area contributed by atoms with Gasteiger partial charge in [-0.2, -0.15) is 0 Å². The number of hydrogen-bond acceptors (Lipinski definition) is 2. The Morgan fingerprint density at radius 1 is 1.38 bits per heavy atom. The summed E-state index contributed by atoms with van der Waals surface area (Å²) in [5.74, 6) is -1.000. The minimum absolute atomic E-state index is 0.00639. The van der Waals surface area contributed by atoms with Gasteiger partial charge in [0.25, 0.3) is 5.91 Å². The van der Waals surface area contributed by atoms with E-state index in [1.807, 2.05) is 0 Å². The Morgan fingerprint density at radius 2 is 2.10 bits per heavy atom. The third-order valence-electron chi connectivity index (χ3n) is 3.01. The maximum absolute atomic E-state index is 14.0. The van der Waals surface area contributed by atoms with Crippen molar-refractivity contribution in [2.45, 2.75) is 6.54 Å². The van der Waals surface area contributed by atoms with Crippen molar-refractivity contribution >= 4 is 39.1 Å².